The third-order valence-corrected chi connectivity index (χ3v) is 3.55. The van der Waals surface area contributed by atoms with E-state index in [1.165, 1.54) is 0 Å². The van der Waals surface area contributed by atoms with E-state index in [-0.39, 0.29) is 18.8 Å². The normalized spacial score (nSPS) is 49.2. The third kappa shape index (κ3) is 1.64. The summed E-state index contributed by atoms with van der Waals surface area (Å²) in [4.78, 5) is 0. The van der Waals surface area contributed by atoms with Crippen LogP contribution in [0.5, 0.6) is 0 Å². The molecule has 0 bridgehead atoms. The first kappa shape index (κ1) is 10.0. The zero-order chi connectivity index (χ0) is 9.30. The molecule has 0 unspecified atom stereocenters. The number of ether oxygens (including phenoxy) is 1. The molecule has 1 heterocycles. The lowest BCUT2D eigenvalue weighted by Gasteiger charge is -2.41. The van der Waals surface area contributed by atoms with Crippen molar-refractivity contribution in [2.45, 2.75) is 39.9 Å². The van der Waals surface area contributed by atoms with Gasteiger partial charge in [0.1, 0.15) is 0 Å². The van der Waals surface area contributed by atoms with Crippen LogP contribution >= 0.6 is 0 Å². The van der Waals surface area contributed by atoms with E-state index in [1.54, 1.807) is 0 Å². The lowest BCUT2D eigenvalue weighted by molar-refractivity contribution is -0.140. The van der Waals surface area contributed by atoms with Crippen molar-refractivity contribution >= 4 is 0 Å². The summed E-state index contributed by atoms with van der Waals surface area (Å²) in [6, 6.07) is 0. The zero-order valence-corrected chi connectivity index (χ0v) is 8.45. The molecule has 1 saturated heterocycles. The lowest BCUT2D eigenvalue weighted by Crippen LogP contribution is -2.44. The minimum absolute atomic E-state index is 0.0474. The minimum Gasteiger partial charge on any atom is -0.394 e. The molecular formula is C10H20O2. The summed E-state index contributed by atoms with van der Waals surface area (Å²) >= 11 is 0. The average Bonchev–Trinajstić information content (AvgIpc) is 2.08. The third-order valence-electron chi connectivity index (χ3n) is 3.55. The van der Waals surface area contributed by atoms with Gasteiger partial charge in [0.25, 0.3) is 0 Å². The molecule has 1 fully saturated rings. The first-order valence-corrected chi connectivity index (χ1v) is 4.84. The highest BCUT2D eigenvalue weighted by Crippen LogP contribution is 2.34. The monoisotopic (exact) mass is 172 g/mol. The van der Waals surface area contributed by atoms with Crippen molar-refractivity contribution in [3.05, 3.63) is 0 Å². The van der Waals surface area contributed by atoms with Crippen LogP contribution in [0.3, 0.4) is 0 Å². The number of hydrogen-bond acceptors (Lipinski definition) is 2. The van der Waals surface area contributed by atoms with Gasteiger partial charge in [0.15, 0.2) is 0 Å². The molecule has 1 aliphatic rings. The van der Waals surface area contributed by atoms with Gasteiger partial charge < -0.3 is 9.84 Å². The maximum Gasteiger partial charge on any atom is 0.0837 e. The van der Waals surface area contributed by atoms with E-state index in [9.17, 15) is 0 Å². The standard InChI is InChI=1S/C10H20O2/c1-6-7(2)9(4)12-10(5-11)8(6)3/h6-11H,5H2,1-4H3/t6-,7+,8-,9-,10-/m1/s1. The predicted molar refractivity (Wildman–Crippen MR) is 48.9 cm³/mol. The molecule has 0 aromatic heterocycles. The molecule has 0 aromatic carbocycles. The van der Waals surface area contributed by atoms with Gasteiger partial charge in [0.2, 0.25) is 0 Å². The Morgan fingerprint density at radius 2 is 1.58 bits per heavy atom. The smallest absolute Gasteiger partial charge is 0.0837 e. The van der Waals surface area contributed by atoms with Crippen molar-refractivity contribution in [2.24, 2.45) is 17.8 Å². The minimum atomic E-state index is 0.0474. The molecule has 0 saturated carbocycles. The Kier molecular flexibility index (Phi) is 3.13. The van der Waals surface area contributed by atoms with Crippen molar-refractivity contribution in [3.8, 4) is 0 Å². The van der Waals surface area contributed by atoms with E-state index in [0.29, 0.717) is 17.8 Å². The van der Waals surface area contributed by atoms with Crippen LogP contribution < -0.4 is 0 Å². The van der Waals surface area contributed by atoms with Crippen LogP contribution in [0.15, 0.2) is 0 Å². The van der Waals surface area contributed by atoms with Gasteiger partial charge in [-0.3, -0.25) is 0 Å². The van der Waals surface area contributed by atoms with E-state index in [1.807, 2.05) is 0 Å². The molecule has 2 nitrogen and oxygen atoms in total. The molecule has 0 radical (unpaired) electrons. The van der Waals surface area contributed by atoms with Crippen LogP contribution in [-0.4, -0.2) is 23.9 Å². The maximum absolute atomic E-state index is 9.06. The molecule has 12 heavy (non-hydrogen) atoms. The Labute approximate surface area is 74.9 Å². The molecule has 1 aliphatic heterocycles. The van der Waals surface area contributed by atoms with E-state index >= 15 is 0 Å². The van der Waals surface area contributed by atoms with Gasteiger partial charge in [-0.15, -0.1) is 0 Å². The second kappa shape index (κ2) is 3.75. The van der Waals surface area contributed by atoms with Crippen LogP contribution in [-0.2, 0) is 4.74 Å². The Hall–Kier alpha value is -0.0800. The lowest BCUT2D eigenvalue weighted by atomic mass is 9.77. The van der Waals surface area contributed by atoms with Crippen molar-refractivity contribution < 1.29 is 9.84 Å². The number of hydrogen-bond donors (Lipinski definition) is 1. The van der Waals surface area contributed by atoms with Crippen LogP contribution in [0.25, 0.3) is 0 Å². The highest BCUT2D eigenvalue weighted by atomic mass is 16.5. The highest BCUT2D eigenvalue weighted by Gasteiger charge is 2.36. The first-order valence-electron chi connectivity index (χ1n) is 4.84. The molecule has 2 heteroatoms. The Balaban J connectivity index is 2.63. The van der Waals surface area contributed by atoms with Crippen molar-refractivity contribution in [1.82, 2.24) is 0 Å². The van der Waals surface area contributed by atoms with E-state index in [4.69, 9.17) is 9.84 Å². The predicted octanol–water partition coefficient (Wildman–Crippen LogP) is 1.67. The Morgan fingerprint density at radius 1 is 1.00 bits per heavy atom. The van der Waals surface area contributed by atoms with Crippen molar-refractivity contribution in [2.75, 3.05) is 6.61 Å². The van der Waals surface area contributed by atoms with Gasteiger partial charge in [0, 0.05) is 0 Å². The molecular weight excluding hydrogens is 152 g/mol. The molecule has 0 spiro atoms. The highest BCUT2D eigenvalue weighted by molar-refractivity contribution is 4.83. The zero-order valence-electron chi connectivity index (χ0n) is 8.45. The Bertz CT molecular complexity index is 142. The van der Waals surface area contributed by atoms with Crippen LogP contribution in [0, 0.1) is 17.8 Å². The van der Waals surface area contributed by atoms with E-state index in [0.717, 1.165) is 0 Å². The van der Waals surface area contributed by atoms with Crippen molar-refractivity contribution in [3.63, 3.8) is 0 Å². The Morgan fingerprint density at radius 3 is 2.08 bits per heavy atom. The summed E-state index contributed by atoms with van der Waals surface area (Å²) < 4.78 is 5.68. The summed E-state index contributed by atoms with van der Waals surface area (Å²) in [5.74, 6) is 1.72. The summed E-state index contributed by atoms with van der Waals surface area (Å²) in [5, 5.41) is 9.06. The van der Waals surface area contributed by atoms with Gasteiger partial charge in [-0.1, -0.05) is 20.8 Å². The average molecular weight is 172 g/mol. The molecule has 5 atom stereocenters. The fraction of sp³-hybridized carbons (Fsp3) is 1.00. The summed E-state index contributed by atoms with van der Waals surface area (Å²) in [6.07, 6.45) is 0.333. The van der Waals surface area contributed by atoms with Gasteiger partial charge in [-0.05, 0) is 24.7 Å². The fourth-order valence-corrected chi connectivity index (χ4v) is 1.98. The SMILES string of the molecule is C[C@H]1[C@@H](C)[C@@H](CO)O[C@H](C)[C@H]1C. The molecule has 1 N–H and O–H groups in total. The molecule has 0 aromatic rings. The summed E-state index contributed by atoms with van der Waals surface area (Å²) in [6.45, 7) is 8.88. The maximum atomic E-state index is 9.06. The fourth-order valence-electron chi connectivity index (χ4n) is 1.98. The quantitative estimate of drug-likeness (QED) is 0.652. The second-order valence-corrected chi connectivity index (χ2v) is 4.14. The number of aliphatic hydroxyl groups is 1. The molecule has 0 aliphatic carbocycles. The van der Waals surface area contributed by atoms with Gasteiger partial charge in [0.05, 0.1) is 18.8 Å². The van der Waals surface area contributed by atoms with Crippen LogP contribution in [0.1, 0.15) is 27.7 Å². The molecule has 1 rings (SSSR count). The topological polar surface area (TPSA) is 29.5 Å². The summed E-state index contributed by atoms with van der Waals surface area (Å²) in [7, 11) is 0. The molecule has 72 valence electrons. The van der Waals surface area contributed by atoms with Crippen molar-refractivity contribution in [1.29, 1.82) is 0 Å². The summed E-state index contributed by atoms with van der Waals surface area (Å²) in [5.41, 5.74) is 0. The van der Waals surface area contributed by atoms with Gasteiger partial charge in [-0.2, -0.15) is 0 Å². The van der Waals surface area contributed by atoms with E-state index in [2.05, 4.69) is 27.7 Å². The molecule has 0 amide bonds. The number of rotatable bonds is 1. The van der Waals surface area contributed by atoms with E-state index < -0.39 is 0 Å². The second-order valence-electron chi connectivity index (χ2n) is 4.14. The van der Waals surface area contributed by atoms with Gasteiger partial charge in [-0.25, -0.2) is 0 Å². The number of aliphatic hydroxyl groups excluding tert-OH is 1. The van der Waals surface area contributed by atoms with Gasteiger partial charge >= 0.3 is 0 Å². The largest absolute Gasteiger partial charge is 0.394 e. The van der Waals surface area contributed by atoms with Crippen LogP contribution in [0.4, 0.5) is 0 Å². The first-order chi connectivity index (χ1) is 5.57. The van der Waals surface area contributed by atoms with Crippen LogP contribution in [0.2, 0.25) is 0 Å².